The minimum absolute atomic E-state index is 0.137. The lowest BCUT2D eigenvalue weighted by atomic mass is 10.1. The van der Waals surface area contributed by atoms with Crippen LogP contribution in [0.2, 0.25) is 0 Å². The fourth-order valence-electron chi connectivity index (χ4n) is 2.50. The third-order valence-electron chi connectivity index (χ3n) is 3.80. The predicted octanol–water partition coefficient (Wildman–Crippen LogP) is 2.90. The molecule has 4 heteroatoms. The molecule has 110 valence electrons. The normalized spacial score (nSPS) is 16.6. The third kappa shape index (κ3) is 3.89. The Labute approximate surface area is 121 Å². The van der Waals surface area contributed by atoms with Crippen molar-refractivity contribution >= 4 is 17.3 Å². The van der Waals surface area contributed by atoms with E-state index in [4.69, 9.17) is 4.74 Å². The van der Waals surface area contributed by atoms with Gasteiger partial charge in [-0.15, -0.1) is 0 Å². The van der Waals surface area contributed by atoms with Crippen LogP contribution in [0.15, 0.2) is 24.3 Å². The lowest BCUT2D eigenvalue weighted by molar-refractivity contribution is -0.144. The number of anilines is 2. The average Bonchev–Trinajstić information content (AvgIpc) is 2.53. The van der Waals surface area contributed by atoms with Gasteiger partial charge in [-0.3, -0.25) is 4.79 Å². The molecule has 1 aliphatic rings. The molecule has 20 heavy (non-hydrogen) atoms. The van der Waals surface area contributed by atoms with E-state index in [-0.39, 0.29) is 11.9 Å². The highest BCUT2D eigenvalue weighted by molar-refractivity contribution is 5.72. The van der Waals surface area contributed by atoms with Crippen LogP contribution in [0.3, 0.4) is 0 Å². The van der Waals surface area contributed by atoms with Gasteiger partial charge in [-0.25, -0.2) is 0 Å². The first kappa shape index (κ1) is 14.7. The minimum Gasteiger partial charge on any atom is -0.469 e. The summed E-state index contributed by atoms with van der Waals surface area (Å²) >= 11 is 0. The second-order valence-electron chi connectivity index (χ2n) is 5.40. The van der Waals surface area contributed by atoms with Gasteiger partial charge in [0.15, 0.2) is 0 Å². The van der Waals surface area contributed by atoms with Crippen molar-refractivity contribution in [2.75, 3.05) is 37.0 Å². The van der Waals surface area contributed by atoms with Crippen LogP contribution in [0.5, 0.6) is 0 Å². The summed E-state index contributed by atoms with van der Waals surface area (Å²) in [5.41, 5.74) is 2.33. The van der Waals surface area contributed by atoms with Crippen molar-refractivity contribution in [3.63, 3.8) is 0 Å². The molecule has 1 atom stereocenters. The standard InChI is InChI=1S/C16H24N2O2/c1-13(16(19)20-2)12-17-14-6-8-15(9-7-14)18-10-4-3-5-11-18/h6-9,13,17H,3-5,10-12H2,1-2H3. The number of rotatable bonds is 5. The zero-order valence-corrected chi connectivity index (χ0v) is 12.4. The summed E-state index contributed by atoms with van der Waals surface area (Å²) in [7, 11) is 1.42. The van der Waals surface area contributed by atoms with Gasteiger partial charge >= 0.3 is 5.97 Å². The number of methoxy groups -OCH3 is 1. The van der Waals surface area contributed by atoms with Gasteiger partial charge in [0.25, 0.3) is 0 Å². The van der Waals surface area contributed by atoms with Crippen molar-refractivity contribution in [3.05, 3.63) is 24.3 Å². The quantitative estimate of drug-likeness (QED) is 0.840. The number of hydrogen-bond acceptors (Lipinski definition) is 4. The molecule has 0 bridgehead atoms. The van der Waals surface area contributed by atoms with Gasteiger partial charge in [-0.1, -0.05) is 6.92 Å². The van der Waals surface area contributed by atoms with Crippen LogP contribution in [0.25, 0.3) is 0 Å². The molecule has 0 spiro atoms. The van der Waals surface area contributed by atoms with Crippen LogP contribution in [0.1, 0.15) is 26.2 Å². The van der Waals surface area contributed by atoms with Gasteiger partial charge in [0, 0.05) is 31.0 Å². The van der Waals surface area contributed by atoms with E-state index in [1.165, 1.54) is 32.1 Å². The SMILES string of the molecule is COC(=O)C(C)CNc1ccc(N2CCCCC2)cc1. The monoisotopic (exact) mass is 276 g/mol. The number of hydrogen-bond donors (Lipinski definition) is 1. The van der Waals surface area contributed by atoms with Gasteiger partial charge in [0.2, 0.25) is 0 Å². The Morgan fingerprint density at radius 2 is 1.90 bits per heavy atom. The highest BCUT2D eigenvalue weighted by Crippen LogP contribution is 2.21. The first-order valence-corrected chi connectivity index (χ1v) is 7.37. The van der Waals surface area contributed by atoms with Crippen molar-refractivity contribution in [3.8, 4) is 0 Å². The Morgan fingerprint density at radius 1 is 1.25 bits per heavy atom. The minimum atomic E-state index is -0.178. The van der Waals surface area contributed by atoms with Crippen molar-refractivity contribution < 1.29 is 9.53 Å². The first-order valence-electron chi connectivity index (χ1n) is 7.37. The van der Waals surface area contributed by atoms with E-state index in [1.807, 2.05) is 6.92 Å². The summed E-state index contributed by atoms with van der Waals surface area (Å²) in [4.78, 5) is 13.8. The Balaban J connectivity index is 1.86. The molecule has 1 fully saturated rings. The van der Waals surface area contributed by atoms with E-state index in [0.717, 1.165) is 18.8 Å². The molecule has 1 saturated heterocycles. The fraction of sp³-hybridized carbons (Fsp3) is 0.562. The number of esters is 1. The second kappa shape index (κ2) is 7.17. The summed E-state index contributed by atoms with van der Waals surface area (Å²) in [5.74, 6) is -0.316. The van der Waals surface area contributed by atoms with E-state index in [1.54, 1.807) is 0 Å². The molecular weight excluding hydrogens is 252 g/mol. The number of nitrogens with zero attached hydrogens (tertiary/aromatic N) is 1. The maximum Gasteiger partial charge on any atom is 0.310 e. The zero-order valence-electron chi connectivity index (χ0n) is 12.4. The Morgan fingerprint density at radius 3 is 2.50 bits per heavy atom. The smallest absolute Gasteiger partial charge is 0.310 e. The van der Waals surface area contributed by atoms with Crippen molar-refractivity contribution in [2.45, 2.75) is 26.2 Å². The lowest BCUT2D eigenvalue weighted by Gasteiger charge is -2.28. The van der Waals surface area contributed by atoms with Crippen LogP contribution >= 0.6 is 0 Å². The number of carbonyl (C=O) groups is 1. The van der Waals surface area contributed by atoms with Gasteiger partial charge in [-0.05, 0) is 43.5 Å². The second-order valence-corrected chi connectivity index (χ2v) is 5.40. The number of carbonyl (C=O) groups excluding carboxylic acids is 1. The Bertz CT molecular complexity index is 425. The van der Waals surface area contributed by atoms with Crippen LogP contribution in [-0.4, -0.2) is 32.7 Å². The molecule has 4 nitrogen and oxygen atoms in total. The summed E-state index contributed by atoms with van der Waals surface area (Å²) in [5, 5.41) is 3.27. The maximum absolute atomic E-state index is 11.3. The van der Waals surface area contributed by atoms with Crippen LogP contribution < -0.4 is 10.2 Å². The highest BCUT2D eigenvalue weighted by atomic mass is 16.5. The number of nitrogens with one attached hydrogen (secondary N) is 1. The maximum atomic E-state index is 11.3. The van der Waals surface area contributed by atoms with Gasteiger partial charge < -0.3 is 15.0 Å². The number of piperidine rings is 1. The summed E-state index contributed by atoms with van der Waals surface area (Å²) in [6.07, 6.45) is 3.93. The topological polar surface area (TPSA) is 41.6 Å². The van der Waals surface area contributed by atoms with E-state index in [9.17, 15) is 4.79 Å². The van der Waals surface area contributed by atoms with Crippen molar-refractivity contribution in [2.24, 2.45) is 5.92 Å². The summed E-state index contributed by atoms with van der Waals surface area (Å²) in [6.45, 7) is 4.77. The molecule has 1 N–H and O–H groups in total. The predicted molar refractivity (Wildman–Crippen MR) is 82.2 cm³/mol. The van der Waals surface area contributed by atoms with Crippen LogP contribution in [0.4, 0.5) is 11.4 Å². The Hall–Kier alpha value is -1.71. The summed E-state index contributed by atoms with van der Waals surface area (Å²) in [6, 6.07) is 8.45. The third-order valence-corrected chi connectivity index (χ3v) is 3.80. The van der Waals surface area contributed by atoms with E-state index in [0.29, 0.717) is 6.54 Å². The highest BCUT2D eigenvalue weighted by Gasteiger charge is 2.13. The van der Waals surface area contributed by atoms with E-state index in [2.05, 4.69) is 34.5 Å². The van der Waals surface area contributed by atoms with Crippen molar-refractivity contribution in [1.29, 1.82) is 0 Å². The van der Waals surface area contributed by atoms with E-state index < -0.39 is 0 Å². The lowest BCUT2D eigenvalue weighted by Crippen LogP contribution is -2.29. The molecule has 0 aromatic heterocycles. The molecule has 1 heterocycles. The first-order chi connectivity index (χ1) is 9.70. The largest absolute Gasteiger partial charge is 0.469 e. The molecule has 2 rings (SSSR count). The van der Waals surface area contributed by atoms with Crippen LogP contribution in [-0.2, 0) is 9.53 Å². The molecule has 0 radical (unpaired) electrons. The van der Waals surface area contributed by atoms with E-state index >= 15 is 0 Å². The number of ether oxygens (including phenoxy) is 1. The molecule has 0 saturated carbocycles. The molecule has 1 unspecified atom stereocenters. The molecule has 0 aliphatic carbocycles. The fourth-order valence-corrected chi connectivity index (χ4v) is 2.50. The zero-order chi connectivity index (χ0) is 14.4. The Kier molecular flexibility index (Phi) is 5.27. The van der Waals surface area contributed by atoms with Gasteiger partial charge in [-0.2, -0.15) is 0 Å². The van der Waals surface area contributed by atoms with Gasteiger partial charge in [0.05, 0.1) is 13.0 Å². The molecule has 1 aliphatic heterocycles. The van der Waals surface area contributed by atoms with Crippen LogP contribution in [0, 0.1) is 5.92 Å². The molecule has 0 amide bonds. The molecular formula is C16H24N2O2. The average molecular weight is 276 g/mol. The van der Waals surface area contributed by atoms with Crippen molar-refractivity contribution in [1.82, 2.24) is 0 Å². The molecule has 1 aromatic carbocycles. The number of benzene rings is 1. The van der Waals surface area contributed by atoms with Gasteiger partial charge in [0.1, 0.15) is 0 Å². The summed E-state index contributed by atoms with van der Waals surface area (Å²) < 4.78 is 4.71. The molecule has 1 aromatic rings.